The van der Waals surface area contributed by atoms with Crippen LogP contribution in [-0.4, -0.2) is 18.5 Å². The minimum absolute atomic E-state index is 0.0196. The van der Waals surface area contributed by atoms with E-state index in [9.17, 15) is 0 Å². The molecule has 80 valence electrons. The van der Waals surface area contributed by atoms with Gasteiger partial charge in [0.25, 0.3) is 0 Å². The predicted molar refractivity (Wildman–Crippen MR) is 62.0 cm³/mol. The minimum Gasteiger partial charge on any atom is -0.379 e. The van der Waals surface area contributed by atoms with Gasteiger partial charge in [-0.1, -0.05) is 18.2 Å². The van der Waals surface area contributed by atoms with Crippen molar-refractivity contribution < 1.29 is 4.74 Å². The molecule has 3 rings (SSSR count). The number of ether oxygens (including phenoxy) is 1. The van der Waals surface area contributed by atoms with Crippen LogP contribution in [0.25, 0.3) is 0 Å². The zero-order valence-corrected chi connectivity index (χ0v) is 9.43. The Bertz CT molecular complexity index is 372. The maximum Gasteiger partial charge on any atom is 0.0611 e. The molecule has 15 heavy (non-hydrogen) atoms. The Balaban J connectivity index is 1.85. The minimum atomic E-state index is -0.0196. The second kappa shape index (κ2) is 3.51. The van der Waals surface area contributed by atoms with E-state index in [4.69, 9.17) is 10.5 Å². The molecule has 1 heterocycles. The first-order chi connectivity index (χ1) is 7.28. The van der Waals surface area contributed by atoms with Crippen molar-refractivity contribution in [2.45, 2.75) is 28.5 Å². The van der Waals surface area contributed by atoms with E-state index < -0.39 is 0 Å². The number of hydrogen-bond donors (Lipinski definition) is 1. The van der Waals surface area contributed by atoms with Crippen LogP contribution < -0.4 is 5.73 Å². The Morgan fingerprint density at radius 1 is 1.27 bits per heavy atom. The molecule has 0 spiro atoms. The number of benzene rings is 1. The largest absolute Gasteiger partial charge is 0.379 e. The van der Waals surface area contributed by atoms with E-state index in [2.05, 4.69) is 24.3 Å². The Morgan fingerprint density at radius 3 is 2.60 bits per heavy atom. The molecule has 2 nitrogen and oxygen atoms in total. The van der Waals surface area contributed by atoms with E-state index in [0.29, 0.717) is 5.25 Å². The third-order valence-corrected chi connectivity index (χ3v) is 4.33. The molecule has 2 N–H and O–H groups in total. The highest BCUT2D eigenvalue weighted by molar-refractivity contribution is 8.00. The van der Waals surface area contributed by atoms with Gasteiger partial charge in [-0.3, -0.25) is 0 Å². The maximum absolute atomic E-state index is 6.26. The van der Waals surface area contributed by atoms with Crippen molar-refractivity contribution in [2.75, 3.05) is 13.2 Å². The maximum atomic E-state index is 6.26. The highest BCUT2D eigenvalue weighted by atomic mass is 32.2. The summed E-state index contributed by atoms with van der Waals surface area (Å²) in [5.41, 5.74) is 7.57. The Hall–Kier alpha value is -0.510. The Morgan fingerprint density at radius 2 is 2.00 bits per heavy atom. The molecule has 0 amide bonds. The van der Waals surface area contributed by atoms with Crippen LogP contribution in [0.3, 0.4) is 0 Å². The number of thioether (sulfide) groups is 1. The van der Waals surface area contributed by atoms with Crippen molar-refractivity contribution in [2.24, 2.45) is 5.73 Å². The summed E-state index contributed by atoms with van der Waals surface area (Å²) in [5, 5.41) is 0.633. The van der Waals surface area contributed by atoms with Crippen molar-refractivity contribution in [3.05, 3.63) is 29.8 Å². The zero-order chi connectivity index (χ0) is 10.3. The van der Waals surface area contributed by atoms with Gasteiger partial charge in [0.05, 0.1) is 18.5 Å². The summed E-state index contributed by atoms with van der Waals surface area (Å²) < 4.78 is 5.20. The molecule has 1 saturated carbocycles. The second-order valence-corrected chi connectivity index (χ2v) is 5.77. The molecular formula is C12H15NOS. The van der Waals surface area contributed by atoms with Crippen molar-refractivity contribution in [1.82, 2.24) is 0 Å². The SMILES string of the molecule is NC1(c2ccccc2SC2COC2)CC1. The molecule has 0 bridgehead atoms. The smallest absolute Gasteiger partial charge is 0.0611 e. The van der Waals surface area contributed by atoms with Crippen molar-refractivity contribution in [3.8, 4) is 0 Å². The van der Waals surface area contributed by atoms with Gasteiger partial charge < -0.3 is 10.5 Å². The van der Waals surface area contributed by atoms with Crippen molar-refractivity contribution in [3.63, 3.8) is 0 Å². The number of hydrogen-bond acceptors (Lipinski definition) is 3. The molecule has 1 aromatic carbocycles. The quantitative estimate of drug-likeness (QED) is 0.849. The van der Waals surface area contributed by atoms with Crippen LogP contribution in [0.2, 0.25) is 0 Å². The highest BCUT2D eigenvalue weighted by Gasteiger charge is 2.41. The first-order valence-corrected chi connectivity index (χ1v) is 6.29. The molecule has 1 aliphatic carbocycles. The first kappa shape index (κ1) is 9.70. The van der Waals surface area contributed by atoms with Gasteiger partial charge in [0.2, 0.25) is 0 Å². The van der Waals surface area contributed by atoms with Crippen molar-refractivity contribution in [1.29, 1.82) is 0 Å². The standard InChI is InChI=1S/C12H15NOS/c13-12(5-6-12)10-3-1-2-4-11(10)15-9-7-14-8-9/h1-4,9H,5-8,13H2. The third-order valence-electron chi connectivity index (χ3n) is 3.11. The average Bonchev–Trinajstić information content (AvgIpc) is 2.92. The van der Waals surface area contributed by atoms with Gasteiger partial charge >= 0.3 is 0 Å². The van der Waals surface area contributed by atoms with Crippen LogP contribution in [0.4, 0.5) is 0 Å². The fraction of sp³-hybridized carbons (Fsp3) is 0.500. The van der Waals surface area contributed by atoms with Crippen LogP contribution in [0.15, 0.2) is 29.2 Å². The lowest BCUT2D eigenvalue weighted by Crippen LogP contribution is -2.30. The van der Waals surface area contributed by atoms with E-state index in [1.165, 1.54) is 10.5 Å². The molecule has 2 aliphatic rings. The molecule has 1 aliphatic heterocycles. The summed E-state index contributed by atoms with van der Waals surface area (Å²) in [7, 11) is 0. The fourth-order valence-corrected chi connectivity index (χ4v) is 3.09. The molecule has 0 atom stereocenters. The lowest BCUT2D eigenvalue weighted by Gasteiger charge is -2.26. The van der Waals surface area contributed by atoms with Crippen LogP contribution in [0.5, 0.6) is 0 Å². The van der Waals surface area contributed by atoms with Gasteiger partial charge in [0, 0.05) is 10.4 Å². The van der Waals surface area contributed by atoms with Crippen LogP contribution in [0.1, 0.15) is 18.4 Å². The predicted octanol–water partition coefficient (Wildman–Crippen LogP) is 2.13. The molecule has 0 radical (unpaired) electrons. The average molecular weight is 221 g/mol. The monoisotopic (exact) mass is 221 g/mol. The van der Waals surface area contributed by atoms with Gasteiger partial charge in [0.15, 0.2) is 0 Å². The highest BCUT2D eigenvalue weighted by Crippen LogP contribution is 2.47. The van der Waals surface area contributed by atoms with E-state index in [1.807, 2.05) is 11.8 Å². The Kier molecular flexibility index (Phi) is 2.27. The summed E-state index contributed by atoms with van der Waals surface area (Å²) in [6.07, 6.45) is 2.26. The summed E-state index contributed by atoms with van der Waals surface area (Å²) in [4.78, 5) is 1.35. The van der Waals surface area contributed by atoms with Crippen LogP contribution in [-0.2, 0) is 10.3 Å². The van der Waals surface area contributed by atoms with E-state index in [-0.39, 0.29) is 5.54 Å². The van der Waals surface area contributed by atoms with E-state index in [1.54, 1.807) is 0 Å². The molecular weight excluding hydrogens is 206 g/mol. The van der Waals surface area contributed by atoms with Crippen LogP contribution >= 0.6 is 11.8 Å². The summed E-state index contributed by atoms with van der Waals surface area (Å²) in [6, 6.07) is 8.54. The van der Waals surface area contributed by atoms with Gasteiger partial charge in [-0.05, 0) is 24.5 Å². The lowest BCUT2D eigenvalue weighted by atomic mass is 10.1. The normalized spacial score (nSPS) is 23.5. The summed E-state index contributed by atoms with van der Waals surface area (Å²) in [6.45, 7) is 1.77. The molecule has 1 aromatic rings. The zero-order valence-electron chi connectivity index (χ0n) is 8.61. The molecule has 2 fully saturated rings. The second-order valence-electron chi connectivity index (χ2n) is 4.43. The van der Waals surface area contributed by atoms with Crippen LogP contribution in [0, 0.1) is 0 Å². The molecule has 3 heteroatoms. The summed E-state index contributed by atoms with van der Waals surface area (Å²) in [5.74, 6) is 0. The van der Waals surface area contributed by atoms with Crippen molar-refractivity contribution >= 4 is 11.8 Å². The molecule has 0 aromatic heterocycles. The topological polar surface area (TPSA) is 35.2 Å². The lowest BCUT2D eigenvalue weighted by molar-refractivity contribution is 0.0455. The van der Waals surface area contributed by atoms with E-state index >= 15 is 0 Å². The molecule has 1 saturated heterocycles. The Labute approximate surface area is 94.2 Å². The first-order valence-electron chi connectivity index (χ1n) is 5.41. The summed E-state index contributed by atoms with van der Waals surface area (Å²) >= 11 is 1.92. The van der Waals surface area contributed by atoms with E-state index in [0.717, 1.165) is 26.1 Å². The van der Waals surface area contributed by atoms with Gasteiger partial charge in [-0.25, -0.2) is 0 Å². The number of nitrogens with two attached hydrogens (primary N) is 1. The third kappa shape index (κ3) is 1.80. The van der Waals surface area contributed by atoms with Gasteiger partial charge in [-0.2, -0.15) is 0 Å². The van der Waals surface area contributed by atoms with Gasteiger partial charge in [0.1, 0.15) is 0 Å². The fourth-order valence-electron chi connectivity index (χ4n) is 1.85. The number of rotatable bonds is 3. The van der Waals surface area contributed by atoms with Gasteiger partial charge in [-0.15, -0.1) is 11.8 Å². The molecule has 0 unspecified atom stereocenters.